The summed E-state index contributed by atoms with van der Waals surface area (Å²) in [6, 6.07) is 12.5. The summed E-state index contributed by atoms with van der Waals surface area (Å²) in [7, 11) is 2.15. The average Bonchev–Trinajstić information content (AvgIpc) is 2.93. The molecule has 0 bridgehead atoms. The standard InChI is InChI=1S/C17H19ClN2O.ClH/c1-20-9-5-8-14(20)12-21-15-10-16(17(18)19-11-15)13-6-3-2-4-7-13;/h2-4,6-7,10-11,14H,5,8-9,12H2,1H3;1H/t14-;/m1./s1. The molecule has 1 aliphatic rings. The predicted molar refractivity (Wildman–Crippen MR) is 93.1 cm³/mol. The molecule has 1 atom stereocenters. The van der Waals surface area contributed by atoms with Crippen molar-refractivity contribution in [3.05, 3.63) is 47.7 Å². The Labute approximate surface area is 142 Å². The van der Waals surface area contributed by atoms with Gasteiger partial charge in [0.25, 0.3) is 0 Å². The van der Waals surface area contributed by atoms with Crippen molar-refractivity contribution in [3.8, 4) is 16.9 Å². The normalized spacial score (nSPS) is 18.0. The number of benzene rings is 1. The van der Waals surface area contributed by atoms with Crippen LogP contribution in [-0.2, 0) is 0 Å². The van der Waals surface area contributed by atoms with Crippen LogP contribution in [0.2, 0.25) is 5.15 Å². The van der Waals surface area contributed by atoms with Crippen LogP contribution in [-0.4, -0.2) is 36.1 Å². The number of likely N-dealkylation sites (N-methyl/N-ethyl adjacent to an activating group) is 1. The SMILES string of the molecule is CN1CCC[C@@H]1COc1cnc(Cl)c(-c2ccccc2)c1.Cl. The van der Waals surface area contributed by atoms with Gasteiger partial charge in [0.15, 0.2) is 0 Å². The first-order valence-corrected chi connectivity index (χ1v) is 7.66. The van der Waals surface area contributed by atoms with E-state index in [0.717, 1.165) is 23.4 Å². The van der Waals surface area contributed by atoms with Gasteiger partial charge in [-0.1, -0.05) is 41.9 Å². The third-order valence-corrected chi connectivity index (χ3v) is 4.31. The zero-order valence-corrected chi connectivity index (χ0v) is 14.1. The molecule has 1 fully saturated rings. The van der Waals surface area contributed by atoms with Gasteiger partial charge in [-0.3, -0.25) is 0 Å². The summed E-state index contributed by atoms with van der Waals surface area (Å²) < 4.78 is 5.91. The maximum Gasteiger partial charge on any atom is 0.138 e. The first-order valence-electron chi connectivity index (χ1n) is 7.28. The highest BCUT2D eigenvalue weighted by atomic mass is 35.5. The smallest absolute Gasteiger partial charge is 0.138 e. The van der Waals surface area contributed by atoms with Crippen molar-refractivity contribution < 1.29 is 4.74 Å². The van der Waals surface area contributed by atoms with Gasteiger partial charge in [-0.2, -0.15) is 0 Å². The second-order valence-electron chi connectivity index (χ2n) is 5.46. The summed E-state index contributed by atoms with van der Waals surface area (Å²) in [6.45, 7) is 1.86. The van der Waals surface area contributed by atoms with E-state index < -0.39 is 0 Å². The molecule has 0 saturated carbocycles. The number of nitrogens with zero attached hydrogens (tertiary/aromatic N) is 2. The molecule has 1 aromatic heterocycles. The topological polar surface area (TPSA) is 25.4 Å². The molecule has 0 spiro atoms. The van der Waals surface area contributed by atoms with Crippen LogP contribution in [0.4, 0.5) is 0 Å². The summed E-state index contributed by atoms with van der Waals surface area (Å²) in [6.07, 6.45) is 4.14. The number of rotatable bonds is 4. The molecule has 0 aliphatic carbocycles. The van der Waals surface area contributed by atoms with Gasteiger partial charge in [0.1, 0.15) is 17.5 Å². The molecule has 5 heteroatoms. The molecule has 2 heterocycles. The van der Waals surface area contributed by atoms with E-state index in [1.807, 2.05) is 36.4 Å². The Morgan fingerprint density at radius 1 is 1.32 bits per heavy atom. The Balaban J connectivity index is 0.00000176. The van der Waals surface area contributed by atoms with E-state index >= 15 is 0 Å². The summed E-state index contributed by atoms with van der Waals surface area (Å²) >= 11 is 6.21. The largest absolute Gasteiger partial charge is 0.490 e. The molecule has 1 aliphatic heterocycles. The average molecular weight is 339 g/mol. The minimum absolute atomic E-state index is 0. The Morgan fingerprint density at radius 2 is 2.09 bits per heavy atom. The van der Waals surface area contributed by atoms with Gasteiger partial charge in [-0.25, -0.2) is 4.98 Å². The van der Waals surface area contributed by atoms with Crippen LogP contribution < -0.4 is 4.74 Å². The third kappa shape index (κ3) is 3.92. The number of halogens is 2. The summed E-state index contributed by atoms with van der Waals surface area (Å²) in [4.78, 5) is 6.60. The molecular weight excluding hydrogens is 319 g/mol. The van der Waals surface area contributed by atoms with E-state index in [9.17, 15) is 0 Å². The van der Waals surface area contributed by atoms with Crippen LogP contribution in [0.5, 0.6) is 5.75 Å². The molecule has 1 saturated heterocycles. The van der Waals surface area contributed by atoms with Crippen LogP contribution in [0.25, 0.3) is 11.1 Å². The fourth-order valence-corrected chi connectivity index (χ4v) is 2.92. The highest BCUT2D eigenvalue weighted by Gasteiger charge is 2.21. The van der Waals surface area contributed by atoms with Crippen LogP contribution in [0.3, 0.4) is 0 Å². The van der Waals surface area contributed by atoms with E-state index in [4.69, 9.17) is 16.3 Å². The lowest BCUT2D eigenvalue weighted by molar-refractivity contribution is 0.198. The predicted octanol–water partition coefficient (Wildman–Crippen LogP) is 4.30. The molecule has 3 rings (SSSR count). The zero-order valence-electron chi connectivity index (χ0n) is 12.5. The van der Waals surface area contributed by atoms with Crippen LogP contribution in [0.1, 0.15) is 12.8 Å². The van der Waals surface area contributed by atoms with Gasteiger partial charge < -0.3 is 9.64 Å². The molecule has 22 heavy (non-hydrogen) atoms. The number of hydrogen-bond acceptors (Lipinski definition) is 3. The fraction of sp³-hybridized carbons (Fsp3) is 0.353. The molecular formula is C17H20Cl2N2O. The number of aromatic nitrogens is 1. The second kappa shape index (κ2) is 7.82. The van der Waals surface area contributed by atoms with Gasteiger partial charge in [-0.05, 0) is 38.1 Å². The van der Waals surface area contributed by atoms with Crippen molar-refractivity contribution in [1.29, 1.82) is 0 Å². The maximum atomic E-state index is 6.21. The van der Waals surface area contributed by atoms with E-state index in [1.165, 1.54) is 12.8 Å². The molecule has 0 N–H and O–H groups in total. The van der Waals surface area contributed by atoms with E-state index in [0.29, 0.717) is 17.8 Å². The Kier molecular flexibility index (Phi) is 6.07. The fourth-order valence-electron chi connectivity index (χ4n) is 2.71. The zero-order chi connectivity index (χ0) is 14.7. The Bertz CT molecular complexity index is 607. The van der Waals surface area contributed by atoms with Crippen LogP contribution in [0.15, 0.2) is 42.6 Å². The molecule has 2 aromatic rings. The highest BCUT2D eigenvalue weighted by molar-refractivity contribution is 6.32. The molecule has 0 unspecified atom stereocenters. The lowest BCUT2D eigenvalue weighted by Crippen LogP contribution is -2.30. The van der Waals surface area contributed by atoms with Crippen LogP contribution in [0, 0.1) is 0 Å². The van der Waals surface area contributed by atoms with Crippen molar-refractivity contribution in [2.24, 2.45) is 0 Å². The number of ether oxygens (including phenoxy) is 1. The first-order chi connectivity index (χ1) is 10.2. The maximum absolute atomic E-state index is 6.21. The highest BCUT2D eigenvalue weighted by Crippen LogP contribution is 2.29. The van der Waals surface area contributed by atoms with Gasteiger partial charge >= 0.3 is 0 Å². The number of likely N-dealkylation sites (tertiary alicyclic amines) is 1. The summed E-state index contributed by atoms with van der Waals surface area (Å²) in [5, 5.41) is 0.506. The third-order valence-electron chi connectivity index (χ3n) is 4.01. The summed E-state index contributed by atoms with van der Waals surface area (Å²) in [5.41, 5.74) is 1.97. The van der Waals surface area contributed by atoms with Gasteiger partial charge in [0.05, 0.1) is 6.20 Å². The minimum Gasteiger partial charge on any atom is -0.490 e. The number of pyridine rings is 1. The lowest BCUT2D eigenvalue weighted by Gasteiger charge is -2.19. The van der Waals surface area contributed by atoms with E-state index in [-0.39, 0.29) is 12.4 Å². The summed E-state index contributed by atoms with van der Waals surface area (Å²) in [5.74, 6) is 0.776. The number of hydrogen-bond donors (Lipinski definition) is 0. The van der Waals surface area contributed by atoms with Crippen molar-refractivity contribution in [3.63, 3.8) is 0 Å². The van der Waals surface area contributed by atoms with E-state index in [1.54, 1.807) is 6.20 Å². The molecule has 0 amide bonds. The lowest BCUT2D eigenvalue weighted by atomic mass is 10.1. The van der Waals surface area contributed by atoms with Gasteiger partial charge in [-0.15, -0.1) is 12.4 Å². The van der Waals surface area contributed by atoms with Crippen molar-refractivity contribution >= 4 is 24.0 Å². The van der Waals surface area contributed by atoms with Crippen LogP contribution >= 0.6 is 24.0 Å². The minimum atomic E-state index is 0. The first kappa shape index (κ1) is 17.1. The quantitative estimate of drug-likeness (QED) is 0.777. The Hall–Kier alpha value is -1.29. The van der Waals surface area contributed by atoms with Crippen molar-refractivity contribution in [2.75, 3.05) is 20.2 Å². The van der Waals surface area contributed by atoms with Gasteiger partial charge in [0, 0.05) is 11.6 Å². The van der Waals surface area contributed by atoms with Crippen molar-refractivity contribution in [1.82, 2.24) is 9.88 Å². The van der Waals surface area contributed by atoms with Crippen molar-refractivity contribution in [2.45, 2.75) is 18.9 Å². The molecule has 0 radical (unpaired) electrons. The Morgan fingerprint density at radius 3 is 2.77 bits per heavy atom. The van der Waals surface area contributed by atoms with E-state index in [2.05, 4.69) is 16.9 Å². The molecule has 118 valence electrons. The second-order valence-corrected chi connectivity index (χ2v) is 5.82. The molecule has 3 nitrogen and oxygen atoms in total. The van der Waals surface area contributed by atoms with Gasteiger partial charge in [0.2, 0.25) is 0 Å². The monoisotopic (exact) mass is 338 g/mol. The molecule has 1 aromatic carbocycles.